The van der Waals surface area contributed by atoms with Crippen LogP contribution in [-0.2, 0) is 29.9 Å². The number of ether oxygens (including phenoxy) is 1. The first kappa shape index (κ1) is 36.3. The van der Waals surface area contributed by atoms with Crippen molar-refractivity contribution in [2.45, 2.75) is 37.4 Å². The fourth-order valence-electron chi connectivity index (χ4n) is 2.62. The summed E-state index contributed by atoms with van der Waals surface area (Å²) < 4.78 is 27.5. The van der Waals surface area contributed by atoms with Crippen LogP contribution in [0.4, 0.5) is 5.82 Å². The van der Waals surface area contributed by atoms with Crippen LogP contribution >= 0.6 is 26.3 Å². The molecule has 3 rings (SSSR count). The van der Waals surface area contributed by atoms with Gasteiger partial charge in [0.25, 0.3) is 0 Å². The molecule has 16 nitrogen and oxygen atoms in total. The molecule has 3 heterocycles. The third kappa shape index (κ3) is 11.0. The van der Waals surface area contributed by atoms with Gasteiger partial charge in [0.1, 0.15) is 11.6 Å². The van der Waals surface area contributed by atoms with Crippen molar-refractivity contribution in [2.24, 2.45) is 0 Å². The third-order valence-corrected chi connectivity index (χ3v) is 6.98. The van der Waals surface area contributed by atoms with Crippen LogP contribution < -0.4 is 5.73 Å². The van der Waals surface area contributed by atoms with Crippen molar-refractivity contribution >= 4 is 55.1 Å². The molecule has 206 valence electrons. The third-order valence-electron chi connectivity index (χ3n) is 3.68. The van der Waals surface area contributed by atoms with E-state index in [4.69, 9.17) is 35.6 Å². The average Bonchev–Trinajstić information content (AvgIpc) is 3.38. The molecule has 4 atom stereocenters. The summed E-state index contributed by atoms with van der Waals surface area (Å²) in [5, 5.41) is 31.8. The molecule has 0 saturated carbocycles. The maximum Gasteiger partial charge on any atom is 0.479 e. The number of phosphoric acid groups is 1. The Morgan fingerprint density at radius 1 is 1.23 bits per heavy atom. The van der Waals surface area contributed by atoms with E-state index in [9.17, 15) is 14.6 Å². The quantitative estimate of drug-likeness (QED) is 0.117. The Balaban J connectivity index is 0. The van der Waals surface area contributed by atoms with Crippen molar-refractivity contribution in [1.82, 2.24) is 19.5 Å². The molecule has 2 aromatic rings. The summed E-state index contributed by atoms with van der Waals surface area (Å²) in [6, 6.07) is 0. The zero-order valence-corrected chi connectivity index (χ0v) is 22.0. The number of aliphatic hydroxyl groups is 4. The molecule has 3 unspecified atom stereocenters. The van der Waals surface area contributed by atoms with E-state index in [1.807, 2.05) is 0 Å². The normalized spacial score (nSPS) is 20.7. The maximum atomic E-state index is 11.6. The number of nitrogens with zero attached hydrogens (tertiary/aromatic N) is 4. The second-order valence-electron chi connectivity index (χ2n) is 5.71. The Bertz CT molecular complexity index is 980. The highest BCUT2D eigenvalue weighted by Crippen LogP contribution is 2.58. The Kier molecular flexibility index (Phi) is 17.5. The predicted octanol–water partition coefficient (Wildman–Crippen LogP) is -0.417. The number of aliphatic hydroxyl groups excluding tert-OH is 4. The topological polar surface area (TPSA) is 256 Å². The molecule has 9 N–H and O–H groups in total. The Morgan fingerprint density at radius 2 is 1.80 bits per heavy atom. The molecule has 0 aromatic carbocycles. The molecule has 2 aromatic heterocycles. The zero-order valence-electron chi connectivity index (χ0n) is 18.6. The summed E-state index contributed by atoms with van der Waals surface area (Å²) in [5.74, 6) is 0.183. The molecule has 0 amide bonds. The lowest BCUT2D eigenvalue weighted by Gasteiger charge is -2.18. The van der Waals surface area contributed by atoms with Crippen molar-refractivity contribution in [2.75, 3.05) is 39.9 Å². The SMILES string of the molecule is C.CO.CO.CO.CSc1nc(N)c2ncn(C3O[C@H](COP(=O)(O)OP(O)(O)=S)CC3O)c2n1. The van der Waals surface area contributed by atoms with Gasteiger partial charge in [0, 0.05) is 27.8 Å². The van der Waals surface area contributed by atoms with Gasteiger partial charge in [-0.25, -0.2) is 23.8 Å². The summed E-state index contributed by atoms with van der Waals surface area (Å²) in [6.07, 6.45) is 0.541. The molecule has 1 aliphatic rings. The first-order valence-electron chi connectivity index (χ1n) is 8.95. The largest absolute Gasteiger partial charge is 0.479 e. The molecule has 1 saturated heterocycles. The van der Waals surface area contributed by atoms with Crippen LogP contribution in [0, 0.1) is 0 Å². The van der Waals surface area contributed by atoms with Gasteiger partial charge in [-0.05, 0) is 18.1 Å². The second-order valence-corrected chi connectivity index (χ2v) is 10.7. The lowest BCUT2D eigenvalue weighted by molar-refractivity contribution is -0.0480. The number of anilines is 1. The van der Waals surface area contributed by atoms with Gasteiger partial charge in [-0.3, -0.25) is 9.09 Å². The summed E-state index contributed by atoms with van der Waals surface area (Å²) >= 11 is 5.41. The number of nitrogen functional groups attached to an aromatic ring is 1. The van der Waals surface area contributed by atoms with Crippen LogP contribution in [-0.4, -0.2) is 101 Å². The van der Waals surface area contributed by atoms with Crippen molar-refractivity contribution in [3.8, 4) is 0 Å². The van der Waals surface area contributed by atoms with E-state index in [0.717, 1.165) is 21.3 Å². The number of imidazole rings is 1. The first-order chi connectivity index (χ1) is 16.0. The van der Waals surface area contributed by atoms with Crippen molar-refractivity contribution in [3.63, 3.8) is 0 Å². The molecule has 35 heavy (non-hydrogen) atoms. The minimum Gasteiger partial charge on any atom is -0.400 e. The van der Waals surface area contributed by atoms with E-state index >= 15 is 0 Å². The van der Waals surface area contributed by atoms with Crippen molar-refractivity contribution in [3.05, 3.63) is 6.33 Å². The minimum atomic E-state index is -4.80. The van der Waals surface area contributed by atoms with Crippen molar-refractivity contribution < 1.29 is 53.2 Å². The summed E-state index contributed by atoms with van der Waals surface area (Å²) in [5.41, 5.74) is 6.58. The van der Waals surface area contributed by atoms with Crippen LogP contribution in [0.1, 0.15) is 20.1 Å². The number of phosphoric ester groups is 1. The van der Waals surface area contributed by atoms with Crippen LogP contribution in [0.5, 0.6) is 0 Å². The molecule has 20 heteroatoms. The summed E-state index contributed by atoms with van der Waals surface area (Å²) in [6.45, 7) is -4.85. The van der Waals surface area contributed by atoms with E-state index < -0.39 is 39.6 Å². The van der Waals surface area contributed by atoms with Gasteiger partial charge in [0.2, 0.25) is 0 Å². The monoisotopic (exact) mass is 585 g/mol. The van der Waals surface area contributed by atoms with Gasteiger partial charge in [-0.2, -0.15) is 0 Å². The van der Waals surface area contributed by atoms with Crippen molar-refractivity contribution in [1.29, 1.82) is 0 Å². The molecule has 0 radical (unpaired) electrons. The number of hydrogen-bond acceptors (Lipinski definition) is 14. The molecular formula is C15H33N5O11P2S2. The highest BCUT2D eigenvalue weighted by molar-refractivity contribution is 8.08. The van der Waals surface area contributed by atoms with Gasteiger partial charge < -0.3 is 45.6 Å². The number of thioether (sulfide) groups is 1. The standard InChI is InChI=1S/C11H17N5O8P2S2.3CH4O.CH4/c1-28-11-14-8(12)7-9(15-11)16(4-13-7)10-6(17)2-5(23-10)3-22-25(18,19)24-26(20,21)27;3*1-2;/h4-6,10,17H,2-3H2,1H3,(H,18,19)(H2,12,14,15)(H2,20,21,27);3*2H,1H3;1H4/t5-,6?,10?;;;;/m0..../s1. The first-order valence-corrected chi connectivity index (χ1v) is 14.3. The number of hydrogen-bond donors (Lipinski definition) is 8. The molecular weight excluding hydrogens is 552 g/mol. The second kappa shape index (κ2) is 16.8. The highest BCUT2D eigenvalue weighted by atomic mass is 32.5. The lowest BCUT2D eigenvalue weighted by atomic mass is 10.2. The number of fused-ring (bicyclic) bond motifs is 1. The minimum absolute atomic E-state index is 0. The Labute approximate surface area is 211 Å². The number of nitrogens with two attached hydrogens (primary N) is 1. The molecule has 0 bridgehead atoms. The lowest BCUT2D eigenvalue weighted by Crippen LogP contribution is -2.19. The van der Waals surface area contributed by atoms with Gasteiger partial charge in [0.15, 0.2) is 22.8 Å². The van der Waals surface area contributed by atoms with E-state index in [0.29, 0.717) is 16.3 Å². The van der Waals surface area contributed by atoms with Gasteiger partial charge in [-0.15, -0.1) is 0 Å². The zero-order chi connectivity index (χ0) is 26.7. The maximum absolute atomic E-state index is 11.6. The molecule has 0 aliphatic carbocycles. The smallest absolute Gasteiger partial charge is 0.400 e. The molecule has 1 aliphatic heterocycles. The molecule has 1 fully saturated rings. The molecule has 0 spiro atoms. The summed E-state index contributed by atoms with van der Waals surface area (Å²) in [4.78, 5) is 39.9. The van der Waals surface area contributed by atoms with Crippen LogP contribution in [0.25, 0.3) is 11.2 Å². The van der Waals surface area contributed by atoms with E-state index in [2.05, 4.69) is 35.6 Å². The Morgan fingerprint density at radius 3 is 2.31 bits per heavy atom. The summed E-state index contributed by atoms with van der Waals surface area (Å²) in [7, 11) is -1.80. The van der Waals surface area contributed by atoms with Crippen LogP contribution in [0.15, 0.2) is 11.5 Å². The Hall–Kier alpha value is -0.820. The van der Waals surface area contributed by atoms with Crippen LogP contribution in [0.2, 0.25) is 0 Å². The highest BCUT2D eigenvalue weighted by Gasteiger charge is 2.39. The average molecular weight is 586 g/mol. The fourth-order valence-corrected chi connectivity index (χ4v) is 5.36. The van der Waals surface area contributed by atoms with Gasteiger partial charge in [-0.1, -0.05) is 19.2 Å². The van der Waals surface area contributed by atoms with E-state index in [1.54, 1.807) is 6.26 Å². The van der Waals surface area contributed by atoms with E-state index in [1.165, 1.54) is 22.7 Å². The fraction of sp³-hybridized carbons (Fsp3) is 0.667. The van der Waals surface area contributed by atoms with E-state index in [-0.39, 0.29) is 19.7 Å². The van der Waals surface area contributed by atoms with Crippen LogP contribution in [0.3, 0.4) is 0 Å². The van der Waals surface area contributed by atoms with Gasteiger partial charge >= 0.3 is 14.5 Å². The number of rotatable bonds is 7. The van der Waals surface area contributed by atoms with Gasteiger partial charge in [0.05, 0.1) is 19.0 Å². The predicted molar refractivity (Wildman–Crippen MR) is 133 cm³/mol. The number of aromatic nitrogens is 4.